The molecule has 0 aliphatic rings. The van der Waals surface area contributed by atoms with Gasteiger partial charge in [-0.15, -0.1) is 0 Å². The Kier molecular flexibility index (Phi) is 6.42. The minimum atomic E-state index is -0.430. The van der Waals surface area contributed by atoms with E-state index in [9.17, 15) is 9.59 Å². The molecule has 32 heavy (non-hydrogen) atoms. The quantitative estimate of drug-likeness (QED) is 0.366. The van der Waals surface area contributed by atoms with Crippen LogP contribution in [-0.4, -0.2) is 26.9 Å². The Bertz CT molecular complexity index is 1280. The largest absolute Gasteiger partial charge is 0.459 e. The molecule has 7 heteroatoms. The number of hydrogen-bond acceptors (Lipinski definition) is 4. The van der Waals surface area contributed by atoms with E-state index < -0.39 is 6.04 Å². The third-order valence-corrected chi connectivity index (χ3v) is 5.66. The van der Waals surface area contributed by atoms with E-state index in [-0.39, 0.29) is 17.2 Å². The molecule has 164 valence electrons. The van der Waals surface area contributed by atoms with Gasteiger partial charge < -0.3 is 9.32 Å². The van der Waals surface area contributed by atoms with E-state index in [2.05, 4.69) is 0 Å². The number of fused-ring (bicyclic) bond motifs is 1. The maximum Gasteiger partial charge on any atom is 0.290 e. The molecule has 0 aliphatic heterocycles. The third-order valence-electron chi connectivity index (χ3n) is 5.40. The lowest BCUT2D eigenvalue weighted by atomic mass is 10.1. The van der Waals surface area contributed by atoms with Crippen molar-refractivity contribution in [3.63, 3.8) is 0 Å². The molecule has 4 aromatic rings. The number of halogens is 1. The average Bonchev–Trinajstić information content (AvgIpc) is 3.35. The molecule has 2 aromatic carbocycles. The summed E-state index contributed by atoms with van der Waals surface area (Å²) in [4.78, 5) is 33.5. The van der Waals surface area contributed by atoms with E-state index in [1.165, 1.54) is 6.26 Å². The fourth-order valence-corrected chi connectivity index (χ4v) is 4.06. The van der Waals surface area contributed by atoms with Gasteiger partial charge in [0.25, 0.3) is 11.5 Å². The monoisotopic (exact) mass is 449 g/mol. The highest BCUT2D eigenvalue weighted by Gasteiger charge is 2.30. The SMILES string of the molecule is CCCN(C(=O)c1ccco1)C(CC)c1nc2ccccc2c(=O)n1-c1ccc(Cl)cc1. The smallest absolute Gasteiger partial charge is 0.290 e. The first-order chi connectivity index (χ1) is 15.5. The fourth-order valence-electron chi connectivity index (χ4n) is 3.94. The highest BCUT2D eigenvalue weighted by atomic mass is 35.5. The van der Waals surface area contributed by atoms with Gasteiger partial charge in [-0.3, -0.25) is 14.2 Å². The Labute approximate surface area is 191 Å². The molecule has 0 spiro atoms. The molecular formula is C25H24ClN3O3. The van der Waals surface area contributed by atoms with Gasteiger partial charge in [-0.2, -0.15) is 0 Å². The van der Waals surface area contributed by atoms with Crippen molar-refractivity contribution in [3.05, 3.63) is 93.9 Å². The van der Waals surface area contributed by atoms with E-state index in [4.69, 9.17) is 21.0 Å². The molecule has 4 rings (SSSR count). The molecule has 6 nitrogen and oxygen atoms in total. The van der Waals surface area contributed by atoms with Crippen molar-refractivity contribution in [2.45, 2.75) is 32.7 Å². The summed E-state index contributed by atoms with van der Waals surface area (Å²) in [5.74, 6) is 0.540. The third kappa shape index (κ3) is 4.06. The molecule has 2 aromatic heterocycles. The summed E-state index contributed by atoms with van der Waals surface area (Å²) in [5.41, 5.74) is 1.05. The number of hydrogen-bond donors (Lipinski definition) is 0. The zero-order valence-corrected chi connectivity index (χ0v) is 18.7. The van der Waals surface area contributed by atoms with Crippen LogP contribution in [-0.2, 0) is 0 Å². The van der Waals surface area contributed by atoms with Crippen LogP contribution < -0.4 is 5.56 Å². The van der Waals surface area contributed by atoms with Crippen LogP contribution in [0.2, 0.25) is 5.02 Å². The van der Waals surface area contributed by atoms with E-state index in [0.29, 0.717) is 40.4 Å². The Morgan fingerprint density at radius 2 is 1.84 bits per heavy atom. The van der Waals surface area contributed by atoms with Crippen LogP contribution in [0.5, 0.6) is 0 Å². The molecule has 2 heterocycles. The molecule has 1 amide bonds. The Morgan fingerprint density at radius 1 is 1.09 bits per heavy atom. The van der Waals surface area contributed by atoms with E-state index in [1.54, 1.807) is 51.9 Å². The summed E-state index contributed by atoms with van der Waals surface area (Å²) in [6.45, 7) is 4.49. The van der Waals surface area contributed by atoms with Crippen molar-refractivity contribution >= 4 is 28.4 Å². The number of carbonyl (C=O) groups excluding carboxylic acids is 1. The first-order valence-corrected chi connectivity index (χ1v) is 11.0. The number of carbonyl (C=O) groups is 1. The number of furan rings is 1. The normalized spacial score (nSPS) is 12.1. The Balaban J connectivity index is 1.95. The zero-order chi connectivity index (χ0) is 22.7. The Hall–Kier alpha value is -3.38. The van der Waals surface area contributed by atoms with Gasteiger partial charge in [0.05, 0.1) is 28.9 Å². The van der Waals surface area contributed by atoms with Crippen molar-refractivity contribution in [1.29, 1.82) is 0 Å². The number of benzene rings is 2. The summed E-state index contributed by atoms with van der Waals surface area (Å²) < 4.78 is 6.97. The highest BCUT2D eigenvalue weighted by molar-refractivity contribution is 6.30. The second-order valence-electron chi connectivity index (χ2n) is 7.50. The molecule has 0 aliphatic carbocycles. The summed E-state index contributed by atoms with van der Waals surface area (Å²) >= 11 is 6.09. The number of rotatable bonds is 7. The second kappa shape index (κ2) is 9.40. The highest BCUT2D eigenvalue weighted by Crippen LogP contribution is 2.28. The van der Waals surface area contributed by atoms with Crippen molar-refractivity contribution in [1.82, 2.24) is 14.5 Å². The molecule has 0 radical (unpaired) electrons. The molecule has 0 N–H and O–H groups in total. The molecule has 1 unspecified atom stereocenters. The van der Waals surface area contributed by atoms with Gasteiger partial charge in [-0.05, 0) is 61.4 Å². The molecule has 0 saturated heterocycles. The maximum absolute atomic E-state index is 13.6. The lowest BCUT2D eigenvalue weighted by molar-refractivity contribution is 0.0626. The van der Waals surface area contributed by atoms with Crippen LogP contribution in [0.4, 0.5) is 0 Å². The fraction of sp³-hybridized carbons (Fsp3) is 0.240. The summed E-state index contributed by atoms with van der Waals surface area (Å²) in [6.07, 6.45) is 2.81. The van der Waals surface area contributed by atoms with Gasteiger partial charge >= 0.3 is 0 Å². The first kappa shape index (κ1) is 21.8. The minimum absolute atomic E-state index is 0.187. The number of aromatic nitrogens is 2. The van der Waals surface area contributed by atoms with Crippen LogP contribution in [0.25, 0.3) is 16.6 Å². The van der Waals surface area contributed by atoms with Gasteiger partial charge in [0.2, 0.25) is 0 Å². The number of para-hydroxylation sites is 1. The number of nitrogens with zero attached hydrogens (tertiary/aromatic N) is 3. The van der Waals surface area contributed by atoms with Crippen LogP contribution in [0.1, 0.15) is 49.1 Å². The Morgan fingerprint density at radius 3 is 2.50 bits per heavy atom. The molecular weight excluding hydrogens is 426 g/mol. The predicted octanol–water partition coefficient (Wildman–Crippen LogP) is 5.64. The first-order valence-electron chi connectivity index (χ1n) is 10.7. The zero-order valence-electron chi connectivity index (χ0n) is 18.0. The minimum Gasteiger partial charge on any atom is -0.459 e. The standard InChI is InChI=1S/C25H24ClN3O3/c1-3-15-28(25(31)22-10-7-16-32-22)21(4-2)23-27-20-9-6-5-8-19(20)24(30)29(23)18-13-11-17(26)12-14-18/h5-14,16,21H,3-4,15H2,1-2H3. The topological polar surface area (TPSA) is 68.3 Å². The van der Waals surface area contributed by atoms with Gasteiger partial charge in [0, 0.05) is 11.6 Å². The van der Waals surface area contributed by atoms with E-state index in [1.807, 2.05) is 32.0 Å². The van der Waals surface area contributed by atoms with Crippen molar-refractivity contribution in [2.24, 2.45) is 0 Å². The van der Waals surface area contributed by atoms with Gasteiger partial charge in [0.15, 0.2) is 5.76 Å². The summed E-state index contributed by atoms with van der Waals surface area (Å²) in [7, 11) is 0. The van der Waals surface area contributed by atoms with E-state index in [0.717, 1.165) is 6.42 Å². The second-order valence-corrected chi connectivity index (χ2v) is 7.94. The van der Waals surface area contributed by atoms with Crippen molar-refractivity contribution < 1.29 is 9.21 Å². The van der Waals surface area contributed by atoms with Crippen LogP contribution >= 0.6 is 11.6 Å². The molecule has 0 bridgehead atoms. The van der Waals surface area contributed by atoms with E-state index >= 15 is 0 Å². The molecule has 0 fully saturated rings. The molecule has 1 atom stereocenters. The summed E-state index contributed by atoms with van der Waals surface area (Å²) in [5, 5.41) is 1.09. The van der Waals surface area contributed by atoms with Gasteiger partial charge in [-0.1, -0.05) is 37.6 Å². The van der Waals surface area contributed by atoms with Gasteiger partial charge in [-0.25, -0.2) is 4.98 Å². The molecule has 0 saturated carbocycles. The average molecular weight is 450 g/mol. The lowest BCUT2D eigenvalue weighted by Crippen LogP contribution is -2.39. The summed E-state index contributed by atoms with van der Waals surface area (Å²) in [6, 6.07) is 17.2. The van der Waals surface area contributed by atoms with Crippen LogP contribution in [0.3, 0.4) is 0 Å². The van der Waals surface area contributed by atoms with Gasteiger partial charge in [0.1, 0.15) is 5.82 Å². The predicted molar refractivity (Wildman–Crippen MR) is 125 cm³/mol. The van der Waals surface area contributed by atoms with Crippen molar-refractivity contribution in [3.8, 4) is 5.69 Å². The van der Waals surface area contributed by atoms with Crippen LogP contribution in [0.15, 0.2) is 76.1 Å². The van der Waals surface area contributed by atoms with Crippen LogP contribution in [0, 0.1) is 0 Å². The lowest BCUT2D eigenvalue weighted by Gasteiger charge is -2.31. The maximum atomic E-state index is 13.6. The van der Waals surface area contributed by atoms with Crippen molar-refractivity contribution in [2.75, 3.05) is 6.54 Å². The number of amides is 1.